The molecule has 0 spiro atoms. The Balaban J connectivity index is 1.53. The molecule has 1 saturated heterocycles. The van der Waals surface area contributed by atoms with Crippen LogP contribution in [0.5, 0.6) is 0 Å². The molecule has 7 nitrogen and oxygen atoms in total. The van der Waals surface area contributed by atoms with E-state index in [1.54, 1.807) is 23.5 Å². The molecule has 1 atom stereocenters. The highest BCUT2D eigenvalue weighted by Crippen LogP contribution is 2.29. The van der Waals surface area contributed by atoms with Gasteiger partial charge in [0.15, 0.2) is 11.7 Å². The van der Waals surface area contributed by atoms with E-state index in [1.807, 2.05) is 0 Å². The van der Waals surface area contributed by atoms with Gasteiger partial charge in [-0.2, -0.15) is 0 Å². The number of thiophene rings is 1. The first-order chi connectivity index (χ1) is 14.7. The Bertz CT molecular complexity index is 768. The van der Waals surface area contributed by atoms with Gasteiger partial charge in [0.05, 0.1) is 18.8 Å². The van der Waals surface area contributed by atoms with Gasteiger partial charge >= 0.3 is 0 Å². The van der Waals surface area contributed by atoms with E-state index in [9.17, 15) is 4.79 Å². The smallest absolute Gasteiger partial charge is 0.287 e. The number of hydrogen-bond donors (Lipinski definition) is 3. The van der Waals surface area contributed by atoms with Crippen LogP contribution in [0, 0.1) is 5.92 Å². The molecule has 1 fully saturated rings. The van der Waals surface area contributed by atoms with Gasteiger partial charge in [-0.25, -0.2) is 0 Å². The highest BCUT2D eigenvalue weighted by atomic mass is 32.1. The predicted octanol–water partition coefficient (Wildman–Crippen LogP) is 3.10. The summed E-state index contributed by atoms with van der Waals surface area (Å²) in [6.07, 6.45) is 3.99. The van der Waals surface area contributed by atoms with E-state index in [0.717, 1.165) is 31.5 Å². The maximum absolute atomic E-state index is 11.9. The molecular weight excluding hydrogens is 398 g/mol. The van der Waals surface area contributed by atoms with Crippen molar-refractivity contribution >= 4 is 23.2 Å². The molecule has 0 radical (unpaired) electrons. The monoisotopic (exact) mass is 431 g/mol. The van der Waals surface area contributed by atoms with E-state index in [2.05, 4.69) is 52.2 Å². The zero-order chi connectivity index (χ0) is 21.2. The van der Waals surface area contributed by atoms with Crippen LogP contribution in [-0.4, -0.2) is 56.0 Å². The van der Waals surface area contributed by atoms with Crippen LogP contribution in [0.1, 0.15) is 48.2 Å². The fraction of sp³-hybridized carbons (Fsp3) is 0.545. The standard InChI is InChI=1S/C22H33N5O2S/c1-3-23-22(25-11-10-24-21(28)19-6-4-14-29-19)26-16-18(20-7-5-15-30-20)27-12-8-17(2)9-13-27/h4-7,14-15,17-18H,3,8-13,16H2,1-2H3,(H,24,28)(H2,23,25,26). The van der Waals surface area contributed by atoms with E-state index in [-0.39, 0.29) is 5.91 Å². The summed E-state index contributed by atoms with van der Waals surface area (Å²) >= 11 is 1.81. The Morgan fingerprint density at radius 1 is 1.23 bits per heavy atom. The minimum absolute atomic E-state index is 0.208. The van der Waals surface area contributed by atoms with Crippen molar-refractivity contribution in [1.29, 1.82) is 0 Å². The molecule has 164 valence electrons. The number of piperidine rings is 1. The van der Waals surface area contributed by atoms with Gasteiger partial charge in [0.25, 0.3) is 5.91 Å². The Kier molecular flexibility index (Phi) is 8.77. The van der Waals surface area contributed by atoms with Crippen molar-refractivity contribution in [1.82, 2.24) is 20.9 Å². The van der Waals surface area contributed by atoms with Crippen molar-refractivity contribution in [2.75, 3.05) is 39.3 Å². The molecule has 0 aromatic carbocycles. The first-order valence-corrected chi connectivity index (χ1v) is 11.7. The fourth-order valence-corrected chi connectivity index (χ4v) is 4.43. The number of nitrogens with zero attached hydrogens (tertiary/aromatic N) is 2. The molecular formula is C22H33N5O2S. The molecule has 3 heterocycles. The molecule has 1 unspecified atom stereocenters. The molecule has 3 rings (SSSR count). The van der Waals surface area contributed by atoms with Crippen LogP contribution < -0.4 is 16.0 Å². The lowest BCUT2D eigenvalue weighted by atomic mass is 9.97. The Hall–Kier alpha value is -2.32. The van der Waals surface area contributed by atoms with Crippen molar-refractivity contribution in [3.63, 3.8) is 0 Å². The van der Waals surface area contributed by atoms with Gasteiger partial charge in [-0.1, -0.05) is 13.0 Å². The van der Waals surface area contributed by atoms with E-state index in [1.165, 1.54) is 24.0 Å². The molecule has 1 amide bonds. The van der Waals surface area contributed by atoms with Crippen LogP contribution >= 0.6 is 11.3 Å². The zero-order valence-electron chi connectivity index (χ0n) is 17.9. The van der Waals surface area contributed by atoms with Crippen molar-refractivity contribution in [3.8, 4) is 0 Å². The molecule has 8 heteroatoms. The number of nitrogens with one attached hydrogen (secondary N) is 3. The molecule has 30 heavy (non-hydrogen) atoms. The largest absolute Gasteiger partial charge is 0.459 e. The summed E-state index contributed by atoms with van der Waals surface area (Å²) in [5.74, 6) is 1.70. The Morgan fingerprint density at radius 2 is 2.03 bits per heavy atom. The zero-order valence-corrected chi connectivity index (χ0v) is 18.7. The number of carbonyl (C=O) groups excluding carboxylic acids is 1. The van der Waals surface area contributed by atoms with Gasteiger partial charge in [-0.05, 0) is 62.4 Å². The fourth-order valence-electron chi connectivity index (χ4n) is 3.58. The van der Waals surface area contributed by atoms with Gasteiger partial charge in [0, 0.05) is 24.5 Å². The van der Waals surface area contributed by atoms with Crippen molar-refractivity contribution in [2.24, 2.45) is 10.9 Å². The minimum Gasteiger partial charge on any atom is -0.459 e. The van der Waals surface area contributed by atoms with Crippen LogP contribution in [0.2, 0.25) is 0 Å². The van der Waals surface area contributed by atoms with Gasteiger partial charge in [-0.15, -0.1) is 11.3 Å². The van der Waals surface area contributed by atoms with E-state index in [4.69, 9.17) is 9.41 Å². The van der Waals surface area contributed by atoms with Crippen LogP contribution in [-0.2, 0) is 0 Å². The number of guanidine groups is 1. The molecule has 2 aromatic rings. The number of furan rings is 1. The quantitative estimate of drug-likeness (QED) is 0.323. The third-order valence-corrected chi connectivity index (χ3v) is 6.32. The lowest BCUT2D eigenvalue weighted by Crippen LogP contribution is -2.42. The summed E-state index contributed by atoms with van der Waals surface area (Å²) in [6, 6.07) is 8.00. The second kappa shape index (κ2) is 11.8. The van der Waals surface area contributed by atoms with Crippen molar-refractivity contribution in [2.45, 2.75) is 32.7 Å². The second-order valence-electron chi connectivity index (χ2n) is 7.63. The summed E-state index contributed by atoms with van der Waals surface area (Å²) in [5, 5.41) is 11.6. The van der Waals surface area contributed by atoms with Crippen LogP contribution in [0.3, 0.4) is 0 Å². The van der Waals surface area contributed by atoms with Crippen LogP contribution in [0.25, 0.3) is 0 Å². The topological polar surface area (TPSA) is 81.9 Å². The number of carbonyl (C=O) groups is 1. The van der Waals surface area contributed by atoms with Gasteiger partial charge in [-0.3, -0.25) is 14.7 Å². The first kappa shape index (κ1) is 22.4. The van der Waals surface area contributed by atoms with Crippen molar-refractivity contribution < 1.29 is 9.21 Å². The number of aliphatic imine (C=N–C) groups is 1. The average Bonchev–Trinajstić information content (AvgIpc) is 3.46. The Morgan fingerprint density at radius 3 is 2.70 bits per heavy atom. The summed E-state index contributed by atoms with van der Waals surface area (Å²) in [6.45, 7) is 9.22. The predicted molar refractivity (Wildman–Crippen MR) is 122 cm³/mol. The minimum atomic E-state index is -0.208. The van der Waals surface area contributed by atoms with Crippen LogP contribution in [0.4, 0.5) is 0 Å². The number of rotatable bonds is 9. The number of amides is 1. The molecule has 0 aliphatic carbocycles. The molecule has 1 aliphatic heterocycles. The first-order valence-electron chi connectivity index (χ1n) is 10.8. The lowest BCUT2D eigenvalue weighted by molar-refractivity contribution is 0.0926. The van der Waals surface area contributed by atoms with Crippen LogP contribution in [0.15, 0.2) is 45.3 Å². The highest BCUT2D eigenvalue weighted by molar-refractivity contribution is 7.10. The SMILES string of the molecule is CCNC(=NCC(c1cccs1)N1CCC(C)CC1)NCCNC(=O)c1ccco1. The Labute approximate surface area is 182 Å². The molecule has 3 N–H and O–H groups in total. The van der Waals surface area contributed by atoms with E-state index < -0.39 is 0 Å². The third-order valence-electron chi connectivity index (χ3n) is 5.35. The van der Waals surface area contributed by atoms with Gasteiger partial charge in [0.2, 0.25) is 0 Å². The van der Waals surface area contributed by atoms with Gasteiger partial charge in [0.1, 0.15) is 0 Å². The summed E-state index contributed by atoms with van der Waals surface area (Å²) < 4.78 is 5.10. The van der Waals surface area contributed by atoms with Gasteiger partial charge < -0.3 is 20.4 Å². The molecule has 0 bridgehead atoms. The average molecular weight is 432 g/mol. The highest BCUT2D eigenvalue weighted by Gasteiger charge is 2.25. The summed E-state index contributed by atoms with van der Waals surface area (Å²) in [4.78, 5) is 20.7. The maximum Gasteiger partial charge on any atom is 0.287 e. The molecule has 0 saturated carbocycles. The normalized spacial score (nSPS) is 16.9. The van der Waals surface area contributed by atoms with E-state index in [0.29, 0.717) is 31.4 Å². The summed E-state index contributed by atoms with van der Waals surface area (Å²) in [5.41, 5.74) is 0. The molecule has 1 aliphatic rings. The summed E-state index contributed by atoms with van der Waals surface area (Å²) in [7, 11) is 0. The second-order valence-corrected chi connectivity index (χ2v) is 8.61. The van der Waals surface area contributed by atoms with Crippen molar-refractivity contribution in [3.05, 3.63) is 46.5 Å². The number of likely N-dealkylation sites (tertiary alicyclic amines) is 1. The third kappa shape index (κ3) is 6.60. The van der Waals surface area contributed by atoms with E-state index >= 15 is 0 Å². The maximum atomic E-state index is 11.9. The number of hydrogen-bond acceptors (Lipinski definition) is 5. The molecule has 2 aromatic heterocycles. The lowest BCUT2D eigenvalue weighted by Gasteiger charge is -2.35.